The summed E-state index contributed by atoms with van der Waals surface area (Å²) in [5, 5.41) is 18.2. The van der Waals surface area contributed by atoms with Gasteiger partial charge in [-0.25, -0.2) is 0 Å². The van der Waals surface area contributed by atoms with Crippen LogP contribution in [0.2, 0.25) is 0 Å². The molecule has 2 N–H and O–H groups in total. The third-order valence-electron chi connectivity index (χ3n) is 2.14. The van der Waals surface area contributed by atoms with Crippen LogP contribution in [-0.4, -0.2) is 22.9 Å². The lowest BCUT2D eigenvalue weighted by molar-refractivity contribution is 0.156. The molecule has 0 spiro atoms. The highest BCUT2D eigenvalue weighted by molar-refractivity contribution is 4.95. The Bertz CT molecular complexity index is 132. The van der Waals surface area contributed by atoms with E-state index in [9.17, 15) is 5.11 Å². The van der Waals surface area contributed by atoms with Gasteiger partial charge in [0.05, 0.1) is 12.7 Å². The Kier molecular flexibility index (Phi) is 8.05. The molecule has 2 heteroatoms. The van der Waals surface area contributed by atoms with Crippen molar-refractivity contribution >= 4 is 0 Å². The fraction of sp³-hybridized carbons (Fsp3) is 0.818. The molecule has 0 fully saturated rings. The van der Waals surface area contributed by atoms with Gasteiger partial charge in [0.15, 0.2) is 0 Å². The SMILES string of the molecule is C=C(CO)CC(O)CCCCCC. The molecule has 78 valence electrons. The van der Waals surface area contributed by atoms with Crippen LogP contribution in [0, 0.1) is 0 Å². The molecule has 0 heterocycles. The van der Waals surface area contributed by atoms with Gasteiger partial charge in [-0.3, -0.25) is 0 Å². The second-order valence-electron chi connectivity index (χ2n) is 3.62. The van der Waals surface area contributed by atoms with E-state index in [1.54, 1.807) is 0 Å². The van der Waals surface area contributed by atoms with E-state index < -0.39 is 0 Å². The normalized spacial score (nSPS) is 12.8. The summed E-state index contributed by atoms with van der Waals surface area (Å²) in [7, 11) is 0. The molecule has 0 bridgehead atoms. The smallest absolute Gasteiger partial charge is 0.0640 e. The first kappa shape index (κ1) is 12.7. The molecular formula is C11H22O2. The van der Waals surface area contributed by atoms with Crippen LogP contribution in [0.4, 0.5) is 0 Å². The molecule has 0 amide bonds. The summed E-state index contributed by atoms with van der Waals surface area (Å²) in [4.78, 5) is 0. The predicted molar refractivity (Wildman–Crippen MR) is 55.6 cm³/mol. The molecule has 0 radical (unpaired) electrons. The minimum Gasteiger partial charge on any atom is -0.393 e. The van der Waals surface area contributed by atoms with Gasteiger partial charge in [-0.2, -0.15) is 0 Å². The molecule has 0 aromatic heterocycles. The van der Waals surface area contributed by atoms with Crippen molar-refractivity contribution in [3.8, 4) is 0 Å². The van der Waals surface area contributed by atoms with Crippen molar-refractivity contribution < 1.29 is 10.2 Å². The van der Waals surface area contributed by atoms with E-state index in [4.69, 9.17) is 5.11 Å². The molecule has 0 aromatic rings. The minimum absolute atomic E-state index is 0.00792. The van der Waals surface area contributed by atoms with Gasteiger partial charge in [0.25, 0.3) is 0 Å². The van der Waals surface area contributed by atoms with Crippen LogP contribution in [0.1, 0.15) is 45.4 Å². The Labute approximate surface area is 81.3 Å². The first-order valence-electron chi connectivity index (χ1n) is 5.16. The number of aliphatic hydroxyl groups excluding tert-OH is 2. The van der Waals surface area contributed by atoms with Gasteiger partial charge in [0.1, 0.15) is 0 Å². The van der Waals surface area contributed by atoms with Gasteiger partial charge in [0, 0.05) is 0 Å². The average molecular weight is 186 g/mol. The summed E-state index contributed by atoms with van der Waals surface area (Å²) in [6, 6.07) is 0. The second kappa shape index (κ2) is 8.27. The summed E-state index contributed by atoms with van der Waals surface area (Å²) >= 11 is 0. The molecule has 0 aromatic carbocycles. The van der Waals surface area contributed by atoms with Gasteiger partial charge in [0.2, 0.25) is 0 Å². The first-order chi connectivity index (χ1) is 6.20. The summed E-state index contributed by atoms with van der Waals surface area (Å²) < 4.78 is 0. The molecule has 0 saturated carbocycles. The zero-order chi connectivity index (χ0) is 10.1. The summed E-state index contributed by atoms with van der Waals surface area (Å²) in [6.07, 6.45) is 5.80. The van der Waals surface area contributed by atoms with E-state index in [-0.39, 0.29) is 12.7 Å². The van der Waals surface area contributed by atoms with Crippen molar-refractivity contribution in [3.05, 3.63) is 12.2 Å². The van der Waals surface area contributed by atoms with E-state index in [1.165, 1.54) is 19.3 Å². The lowest BCUT2D eigenvalue weighted by Crippen LogP contribution is -2.08. The zero-order valence-electron chi connectivity index (χ0n) is 8.63. The number of unbranched alkanes of at least 4 members (excludes halogenated alkanes) is 3. The maximum absolute atomic E-state index is 9.48. The topological polar surface area (TPSA) is 40.5 Å². The van der Waals surface area contributed by atoms with E-state index in [2.05, 4.69) is 13.5 Å². The standard InChI is InChI=1S/C11H22O2/c1-3-4-5-6-7-11(13)8-10(2)9-12/h11-13H,2-9H2,1H3. The molecule has 0 aliphatic rings. The van der Waals surface area contributed by atoms with Crippen molar-refractivity contribution in [2.45, 2.75) is 51.6 Å². The van der Waals surface area contributed by atoms with Gasteiger partial charge in [-0.15, -0.1) is 0 Å². The highest BCUT2D eigenvalue weighted by atomic mass is 16.3. The highest BCUT2D eigenvalue weighted by Gasteiger charge is 2.04. The Morgan fingerprint density at radius 1 is 1.31 bits per heavy atom. The lowest BCUT2D eigenvalue weighted by Gasteiger charge is -2.10. The Balaban J connectivity index is 3.29. The van der Waals surface area contributed by atoms with Crippen molar-refractivity contribution in [3.63, 3.8) is 0 Å². The second-order valence-corrected chi connectivity index (χ2v) is 3.62. The number of hydrogen-bond donors (Lipinski definition) is 2. The minimum atomic E-state index is -0.309. The molecule has 0 aliphatic carbocycles. The van der Waals surface area contributed by atoms with Crippen molar-refractivity contribution in [2.75, 3.05) is 6.61 Å². The van der Waals surface area contributed by atoms with Crippen molar-refractivity contribution in [1.29, 1.82) is 0 Å². The molecule has 0 saturated heterocycles. The summed E-state index contributed by atoms with van der Waals surface area (Å²) in [6.45, 7) is 5.81. The van der Waals surface area contributed by atoms with Crippen LogP contribution in [0.15, 0.2) is 12.2 Å². The Morgan fingerprint density at radius 3 is 2.54 bits per heavy atom. The zero-order valence-corrected chi connectivity index (χ0v) is 8.63. The number of hydrogen-bond acceptors (Lipinski definition) is 2. The van der Waals surface area contributed by atoms with Crippen molar-refractivity contribution in [1.82, 2.24) is 0 Å². The Morgan fingerprint density at radius 2 is 2.00 bits per heavy atom. The maximum atomic E-state index is 9.48. The van der Waals surface area contributed by atoms with E-state index >= 15 is 0 Å². The van der Waals surface area contributed by atoms with Crippen LogP contribution in [0.3, 0.4) is 0 Å². The van der Waals surface area contributed by atoms with E-state index in [0.29, 0.717) is 6.42 Å². The van der Waals surface area contributed by atoms with Gasteiger partial charge in [-0.1, -0.05) is 39.2 Å². The van der Waals surface area contributed by atoms with Gasteiger partial charge < -0.3 is 10.2 Å². The molecular weight excluding hydrogens is 164 g/mol. The van der Waals surface area contributed by atoms with Crippen molar-refractivity contribution in [2.24, 2.45) is 0 Å². The fourth-order valence-electron chi connectivity index (χ4n) is 1.31. The van der Waals surface area contributed by atoms with Crippen LogP contribution in [0.5, 0.6) is 0 Å². The van der Waals surface area contributed by atoms with Crippen LogP contribution in [0.25, 0.3) is 0 Å². The third kappa shape index (κ3) is 8.00. The van der Waals surface area contributed by atoms with E-state index in [0.717, 1.165) is 18.4 Å². The highest BCUT2D eigenvalue weighted by Crippen LogP contribution is 2.11. The molecule has 13 heavy (non-hydrogen) atoms. The summed E-state index contributed by atoms with van der Waals surface area (Å²) in [5.41, 5.74) is 0.725. The number of aliphatic hydroxyl groups is 2. The molecule has 0 rings (SSSR count). The molecule has 1 atom stereocenters. The van der Waals surface area contributed by atoms with Gasteiger partial charge >= 0.3 is 0 Å². The maximum Gasteiger partial charge on any atom is 0.0640 e. The monoisotopic (exact) mass is 186 g/mol. The fourth-order valence-corrected chi connectivity index (χ4v) is 1.31. The first-order valence-corrected chi connectivity index (χ1v) is 5.16. The van der Waals surface area contributed by atoms with Gasteiger partial charge in [-0.05, 0) is 18.4 Å². The largest absolute Gasteiger partial charge is 0.393 e. The average Bonchev–Trinajstić information content (AvgIpc) is 2.12. The van der Waals surface area contributed by atoms with Crippen LogP contribution in [-0.2, 0) is 0 Å². The Hall–Kier alpha value is -0.340. The van der Waals surface area contributed by atoms with E-state index in [1.807, 2.05) is 0 Å². The lowest BCUT2D eigenvalue weighted by atomic mass is 10.0. The predicted octanol–water partition coefficient (Wildman–Crippen LogP) is 2.26. The third-order valence-corrected chi connectivity index (χ3v) is 2.14. The molecule has 2 nitrogen and oxygen atoms in total. The quantitative estimate of drug-likeness (QED) is 0.451. The van der Waals surface area contributed by atoms with Crippen LogP contribution >= 0.6 is 0 Å². The summed E-state index contributed by atoms with van der Waals surface area (Å²) in [5.74, 6) is 0. The number of rotatable bonds is 8. The van der Waals surface area contributed by atoms with Crippen LogP contribution < -0.4 is 0 Å². The molecule has 1 unspecified atom stereocenters. The molecule has 0 aliphatic heterocycles.